The molecule has 0 radical (unpaired) electrons. The monoisotopic (exact) mass is 263 g/mol. The van der Waals surface area contributed by atoms with E-state index in [0.29, 0.717) is 6.42 Å². The standard InChI is InChI=1S/C16H25NO2/c1-3-4-13-17-16(18)8-6-5-7-14-9-11-15(19-2)12-10-14/h9-12H,3-8,13H2,1-2H3,(H,17,18). The maximum atomic E-state index is 11.5. The second-order valence-electron chi connectivity index (χ2n) is 4.76. The molecule has 0 aliphatic heterocycles. The number of carbonyl (C=O) groups is 1. The molecule has 1 rings (SSSR count). The van der Waals surface area contributed by atoms with E-state index in [1.165, 1.54) is 5.56 Å². The molecule has 0 bridgehead atoms. The molecule has 0 unspecified atom stereocenters. The van der Waals surface area contributed by atoms with Crippen LogP contribution < -0.4 is 10.1 Å². The van der Waals surface area contributed by atoms with Crippen molar-refractivity contribution in [2.24, 2.45) is 0 Å². The van der Waals surface area contributed by atoms with Gasteiger partial charge in [-0.05, 0) is 43.4 Å². The molecule has 0 aliphatic carbocycles. The molecule has 3 nitrogen and oxygen atoms in total. The van der Waals surface area contributed by atoms with E-state index in [1.54, 1.807) is 7.11 Å². The van der Waals surface area contributed by atoms with Crippen LogP contribution in [0, 0.1) is 0 Å². The van der Waals surface area contributed by atoms with Crippen molar-refractivity contribution in [1.29, 1.82) is 0 Å². The lowest BCUT2D eigenvalue weighted by molar-refractivity contribution is -0.121. The number of aryl methyl sites for hydroxylation is 1. The predicted molar refractivity (Wildman–Crippen MR) is 78.5 cm³/mol. The molecule has 106 valence electrons. The van der Waals surface area contributed by atoms with Gasteiger partial charge in [-0.25, -0.2) is 0 Å². The molecule has 1 amide bonds. The third-order valence-electron chi connectivity index (χ3n) is 3.13. The fourth-order valence-electron chi connectivity index (χ4n) is 1.90. The second-order valence-corrected chi connectivity index (χ2v) is 4.76. The number of rotatable bonds is 9. The van der Waals surface area contributed by atoms with E-state index in [-0.39, 0.29) is 5.91 Å². The lowest BCUT2D eigenvalue weighted by Gasteiger charge is -2.05. The average molecular weight is 263 g/mol. The molecule has 19 heavy (non-hydrogen) atoms. The summed E-state index contributed by atoms with van der Waals surface area (Å²) >= 11 is 0. The summed E-state index contributed by atoms with van der Waals surface area (Å²) in [4.78, 5) is 11.5. The zero-order valence-electron chi connectivity index (χ0n) is 12.1. The minimum atomic E-state index is 0.184. The van der Waals surface area contributed by atoms with Crippen LogP contribution in [0.1, 0.15) is 44.6 Å². The molecule has 0 saturated carbocycles. The van der Waals surface area contributed by atoms with Crippen LogP contribution in [0.4, 0.5) is 0 Å². The third-order valence-corrected chi connectivity index (χ3v) is 3.13. The molecule has 0 spiro atoms. The Hall–Kier alpha value is -1.51. The number of hydrogen-bond acceptors (Lipinski definition) is 2. The first-order valence-corrected chi connectivity index (χ1v) is 7.16. The number of ether oxygens (including phenoxy) is 1. The van der Waals surface area contributed by atoms with Gasteiger partial charge in [0.25, 0.3) is 0 Å². The summed E-state index contributed by atoms with van der Waals surface area (Å²) in [6.45, 7) is 2.94. The molecular formula is C16H25NO2. The molecule has 0 heterocycles. The van der Waals surface area contributed by atoms with Crippen LogP contribution in [0.5, 0.6) is 5.75 Å². The van der Waals surface area contributed by atoms with Gasteiger partial charge in [-0.15, -0.1) is 0 Å². The number of nitrogens with one attached hydrogen (secondary N) is 1. The highest BCUT2D eigenvalue weighted by molar-refractivity contribution is 5.75. The molecule has 0 aromatic heterocycles. The Morgan fingerprint density at radius 1 is 1.16 bits per heavy atom. The molecule has 0 atom stereocenters. The zero-order chi connectivity index (χ0) is 13.9. The Balaban J connectivity index is 2.11. The Labute approximate surface area is 116 Å². The number of carbonyl (C=O) groups excluding carboxylic acids is 1. The molecule has 0 aliphatic rings. The summed E-state index contributed by atoms with van der Waals surface area (Å²) < 4.78 is 5.12. The number of benzene rings is 1. The maximum absolute atomic E-state index is 11.5. The summed E-state index contributed by atoms with van der Waals surface area (Å²) in [6.07, 6.45) is 5.85. The van der Waals surface area contributed by atoms with Gasteiger partial charge < -0.3 is 10.1 Å². The smallest absolute Gasteiger partial charge is 0.219 e. The van der Waals surface area contributed by atoms with Crippen molar-refractivity contribution < 1.29 is 9.53 Å². The highest BCUT2D eigenvalue weighted by atomic mass is 16.5. The lowest BCUT2D eigenvalue weighted by Crippen LogP contribution is -2.23. The van der Waals surface area contributed by atoms with E-state index in [1.807, 2.05) is 12.1 Å². The first-order valence-electron chi connectivity index (χ1n) is 7.16. The van der Waals surface area contributed by atoms with Gasteiger partial charge in [0.15, 0.2) is 0 Å². The minimum Gasteiger partial charge on any atom is -0.497 e. The molecular weight excluding hydrogens is 238 g/mol. The lowest BCUT2D eigenvalue weighted by atomic mass is 10.1. The second kappa shape index (κ2) is 9.42. The van der Waals surface area contributed by atoms with E-state index in [2.05, 4.69) is 24.4 Å². The summed E-state index contributed by atoms with van der Waals surface area (Å²) in [6, 6.07) is 8.12. The fraction of sp³-hybridized carbons (Fsp3) is 0.562. The molecule has 1 N–H and O–H groups in total. The van der Waals surface area contributed by atoms with Crippen LogP contribution in [-0.4, -0.2) is 19.6 Å². The van der Waals surface area contributed by atoms with Gasteiger partial charge in [-0.2, -0.15) is 0 Å². The van der Waals surface area contributed by atoms with Crippen molar-refractivity contribution >= 4 is 5.91 Å². The molecule has 0 saturated heterocycles. The van der Waals surface area contributed by atoms with E-state index in [9.17, 15) is 4.79 Å². The predicted octanol–water partition coefficient (Wildman–Crippen LogP) is 3.32. The van der Waals surface area contributed by atoms with Crippen LogP contribution in [0.3, 0.4) is 0 Å². The van der Waals surface area contributed by atoms with Gasteiger partial charge in [0.2, 0.25) is 5.91 Å². The van der Waals surface area contributed by atoms with Crippen molar-refractivity contribution in [3.63, 3.8) is 0 Å². The SMILES string of the molecule is CCCCNC(=O)CCCCc1ccc(OC)cc1. The van der Waals surface area contributed by atoms with Crippen molar-refractivity contribution in [2.75, 3.05) is 13.7 Å². The number of hydrogen-bond donors (Lipinski definition) is 1. The van der Waals surface area contributed by atoms with Gasteiger partial charge >= 0.3 is 0 Å². The van der Waals surface area contributed by atoms with E-state index >= 15 is 0 Å². The molecule has 1 aromatic carbocycles. The molecule has 3 heteroatoms. The summed E-state index contributed by atoms with van der Waals surface area (Å²) in [7, 11) is 1.67. The summed E-state index contributed by atoms with van der Waals surface area (Å²) in [5, 5.41) is 2.94. The zero-order valence-corrected chi connectivity index (χ0v) is 12.1. The van der Waals surface area contributed by atoms with Gasteiger partial charge in [0, 0.05) is 13.0 Å². The van der Waals surface area contributed by atoms with Crippen LogP contribution in [0.2, 0.25) is 0 Å². The normalized spacial score (nSPS) is 10.2. The average Bonchev–Trinajstić information content (AvgIpc) is 2.44. The molecule has 0 fully saturated rings. The Kier molecular flexibility index (Phi) is 7.71. The highest BCUT2D eigenvalue weighted by Crippen LogP contribution is 2.13. The Morgan fingerprint density at radius 3 is 2.53 bits per heavy atom. The van der Waals surface area contributed by atoms with Crippen LogP contribution >= 0.6 is 0 Å². The quantitative estimate of drug-likeness (QED) is 0.694. The van der Waals surface area contributed by atoms with Crippen molar-refractivity contribution in [3.05, 3.63) is 29.8 Å². The van der Waals surface area contributed by atoms with E-state index in [0.717, 1.165) is 44.4 Å². The van der Waals surface area contributed by atoms with Gasteiger partial charge in [0.1, 0.15) is 5.75 Å². The van der Waals surface area contributed by atoms with Crippen molar-refractivity contribution in [2.45, 2.75) is 45.4 Å². The largest absolute Gasteiger partial charge is 0.497 e. The first-order chi connectivity index (χ1) is 9.26. The van der Waals surface area contributed by atoms with Gasteiger partial charge in [-0.1, -0.05) is 25.5 Å². The fourth-order valence-corrected chi connectivity index (χ4v) is 1.90. The van der Waals surface area contributed by atoms with Gasteiger partial charge in [-0.3, -0.25) is 4.79 Å². The summed E-state index contributed by atoms with van der Waals surface area (Å²) in [5.41, 5.74) is 1.30. The number of methoxy groups -OCH3 is 1. The maximum Gasteiger partial charge on any atom is 0.219 e. The number of amides is 1. The third kappa shape index (κ3) is 6.85. The van der Waals surface area contributed by atoms with Crippen LogP contribution in [0.25, 0.3) is 0 Å². The highest BCUT2D eigenvalue weighted by Gasteiger charge is 2.00. The summed E-state index contributed by atoms with van der Waals surface area (Å²) in [5.74, 6) is 1.07. The Morgan fingerprint density at radius 2 is 1.89 bits per heavy atom. The number of unbranched alkanes of at least 4 members (excludes halogenated alkanes) is 2. The van der Waals surface area contributed by atoms with Crippen molar-refractivity contribution in [3.8, 4) is 5.75 Å². The Bertz CT molecular complexity index is 360. The van der Waals surface area contributed by atoms with Gasteiger partial charge in [0.05, 0.1) is 7.11 Å². The first kappa shape index (κ1) is 15.5. The van der Waals surface area contributed by atoms with Crippen LogP contribution in [0.15, 0.2) is 24.3 Å². The molecule has 1 aromatic rings. The van der Waals surface area contributed by atoms with E-state index in [4.69, 9.17) is 4.74 Å². The van der Waals surface area contributed by atoms with E-state index < -0.39 is 0 Å². The topological polar surface area (TPSA) is 38.3 Å². The van der Waals surface area contributed by atoms with Crippen LogP contribution in [-0.2, 0) is 11.2 Å². The van der Waals surface area contributed by atoms with Crippen molar-refractivity contribution in [1.82, 2.24) is 5.32 Å². The minimum absolute atomic E-state index is 0.184.